The van der Waals surface area contributed by atoms with Gasteiger partial charge in [0.15, 0.2) is 0 Å². The van der Waals surface area contributed by atoms with Crippen LogP contribution in [-0.4, -0.2) is 51.5 Å². The van der Waals surface area contributed by atoms with Gasteiger partial charge >= 0.3 is 0 Å². The third-order valence-corrected chi connectivity index (χ3v) is 7.56. The minimum atomic E-state index is -0.195. The van der Waals surface area contributed by atoms with E-state index in [1.165, 1.54) is 6.92 Å². The van der Waals surface area contributed by atoms with Gasteiger partial charge in [0.1, 0.15) is 0 Å². The third kappa shape index (κ3) is 5.09. The molecule has 2 amide bonds. The zero-order valence-electron chi connectivity index (χ0n) is 21.1. The second-order valence-electron chi connectivity index (χ2n) is 10.2. The molecule has 2 fully saturated rings. The lowest BCUT2D eigenvalue weighted by Gasteiger charge is -2.35. The van der Waals surface area contributed by atoms with Gasteiger partial charge in [-0.05, 0) is 55.0 Å². The molecule has 1 saturated carbocycles. The van der Waals surface area contributed by atoms with Crippen LogP contribution in [0, 0.1) is 5.92 Å². The SMILES string of the molecule is CC(=O)NCCn1cc(CN(C(=O)[C@H]2CNCC[C@@H]2c2ccn(C)c(=O)c2)C2CC2)c2ccccc21. The fraction of sp³-hybridized carbons (Fsp3) is 0.464. The lowest BCUT2D eigenvalue weighted by Crippen LogP contribution is -2.47. The zero-order chi connectivity index (χ0) is 25.2. The van der Waals surface area contributed by atoms with Crippen LogP contribution in [-0.2, 0) is 29.7 Å². The van der Waals surface area contributed by atoms with Gasteiger partial charge in [-0.25, -0.2) is 0 Å². The van der Waals surface area contributed by atoms with Crippen LogP contribution in [0.4, 0.5) is 0 Å². The second-order valence-corrected chi connectivity index (χ2v) is 10.2. The molecule has 0 spiro atoms. The zero-order valence-corrected chi connectivity index (χ0v) is 21.1. The maximum absolute atomic E-state index is 14.1. The van der Waals surface area contributed by atoms with Crippen LogP contribution in [0.25, 0.3) is 10.9 Å². The first-order chi connectivity index (χ1) is 17.4. The molecule has 8 nitrogen and oxygen atoms in total. The number of hydrogen-bond donors (Lipinski definition) is 2. The number of pyridine rings is 1. The number of piperidine rings is 1. The van der Waals surface area contributed by atoms with Crippen LogP contribution in [0.1, 0.15) is 43.2 Å². The van der Waals surface area contributed by atoms with Crippen LogP contribution in [0.5, 0.6) is 0 Å². The molecule has 190 valence electrons. The van der Waals surface area contributed by atoms with E-state index in [9.17, 15) is 14.4 Å². The first kappa shape index (κ1) is 24.3. The number of carbonyl (C=O) groups is 2. The van der Waals surface area contributed by atoms with Gasteiger partial charge in [-0.15, -0.1) is 0 Å². The van der Waals surface area contributed by atoms with Crippen LogP contribution in [0.15, 0.2) is 53.6 Å². The summed E-state index contributed by atoms with van der Waals surface area (Å²) in [7, 11) is 1.75. The van der Waals surface area contributed by atoms with E-state index in [-0.39, 0.29) is 35.3 Å². The van der Waals surface area contributed by atoms with Gasteiger partial charge in [0.2, 0.25) is 11.8 Å². The van der Waals surface area contributed by atoms with Crippen molar-refractivity contribution in [2.45, 2.75) is 51.2 Å². The topological polar surface area (TPSA) is 88.4 Å². The van der Waals surface area contributed by atoms with Crippen molar-refractivity contribution in [1.29, 1.82) is 0 Å². The highest BCUT2D eigenvalue weighted by molar-refractivity contribution is 5.86. The highest BCUT2D eigenvalue weighted by Gasteiger charge is 2.40. The number of benzene rings is 1. The first-order valence-electron chi connectivity index (χ1n) is 12.9. The molecule has 1 saturated heterocycles. The summed E-state index contributed by atoms with van der Waals surface area (Å²) in [6, 6.07) is 12.2. The van der Waals surface area contributed by atoms with Crippen LogP contribution in [0.3, 0.4) is 0 Å². The van der Waals surface area contributed by atoms with Gasteiger partial charge in [-0.2, -0.15) is 0 Å². The number of aryl methyl sites for hydroxylation is 1. The Kier molecular flexibility index (Phi) is 6.96. The number of para-hydroxylation sites is 1. The second kappa shape index (κ2) is 10.3. The predicted molar refractivity (Wildman–Crippen MR) is 140 cm³/mol. The molecular weight excluding hydrogens is 454 g/mol. The highest BCUT2D eigenvalue weighted by Crippen LogP contribution is 2.36. The van der Waals surface area contributed by atoms with E-state index in [1.54, 1.807) is 23.9 Å². The normalized spacial score (nSPS) is 19.8. The summed E-state index contributed by atoms with van der Waals surface area (Å²) in [4.78, 5) is 39.8. The molecule has 2 atom stereocenters. The summed E-state index contributed by atoms with van der Waals surface area (Å²) in [5.41, 5.74) is 3.16. The molecule has 1 aromatic carbocycles. The van der Waals surface area contributed by atoms with Crippen molar-refractivity contribution in [3.05, 3.63) is 70.3 Å². The van der Waals surface area contributed by atoms with Crippen LogP contribution >= 0.6 is 0 Å². The van der Waals surface area contributed by atoms with E-state index in [1.807, 2.05) is 18.2 Å². The number of rotatable bonds is 8. The van der Waals surface area contributed by atoms with Crippen molar-refractivity contribution >= 4 is 22.7 Å². The standard InChI is InChI=1S/C28H35N5O3/c1-19(34)30-12-14-32-17-21(24-5-3-4-6-26(24)32)18-33(22-7-8-22)28(36)25-16-29-11-9-23(25)20-10-13-31(2)27(35)15-20/h3-6,10,13,15,17,22-23,25,29H,7-9,11-12,14,16,18H2,1-2H3,(H,30,34)/t23-,25+/m1/s1. The van der Waals surface area contributed by atoms with Gasteiger partial charge in [0.25, 0.3) is 5.56 Å². The Morgan fingerprint density at radius 3 is 2.72 bits per heavy atom. The van der Waals surface area contributed by atoms with Gasteiger partial charge in [0.05, 0.1) is 5.92 Å². The van der Waals surface area contributed by atoms with Gasteiger partial charge in [0, 0.05) is 75.6 Å². The van der Waals surface area contributed by atoms with Crippen LogP contribution < -0.4 is 16.2 Å². The fourth-order valence-electron chi connectivity index (χ4n) is 5.47. The summed E-state index contributed by atoms with van der Waals surface area (Å²) in [6.07, 6.45) is 6.83. The Labute approximate surface area is 211 Å². The summed E-state index contributed by atoms with van der Waals surface area (Å²) in [5.74, 6) is -0.0259. The number of carbonyl (C=O) groups excluding carboxylic acids is 2. The molecule has 1 aliphatic carbocycles. The number of hydrogen-bond acceptors (Lipinski definition) is 4. The van der Waals surface area contributed by atoms with Crippen molar-refractivity contribution in [2.75, 3.05) is 19.6 Å². The first-order valence-corrected chi connectivity index (χ1v) is 12.9. The van der Waals surface area contributed by atoms with E-state index in [2.05, 4.69) is 38.4 Å². The van der Waals surface area contributed by atoms with Crippen LogP contribution in [0.2, 0.25) is 0 Å². The Bertz CT molecular complexity index is 1320. The third-order valence-electron chi connectivity index (χ3n) is 7.56. The van der Waals surface area contributed by atoms with Gasteiger partial charge in [-0.3, -0.25) is 14.4 Å². The average Bonchev–Trinajstić information content (AvgIpc) is 3.66. The molecule has 2 aromatic heterocycles. The number of amides is 2. The number of fused-ring (bicyclic) bond motifs is 1. The minimum Gasteiger partial charge on any atom is -0.355 e. The number of nitrogens with one attached hydrogen (secondary N) is 2. The molecule has 5 rings (SSSR count). The minimum absolute atomic E-state index is 0.0351. The Morgan fingerprint density at radius 2 is 1.97 bits per heavy atom. The van der Waals surface area contributed by atoms with Gasteiger partial charge in [-0.1, -0.05) is 18.2 Å². The molecule has 0 radical (unpaired) electrons. The molecule has 3 heterocycles. The Balaban J connectivity index is 1.41. The predicted octanol–water partition coefficient (Wildman–Crippen LogP) is 2.36. The highest BCUT2D eigenvalue weighted by atomic mass is 16.2. The van der Waals surface area contributed by atoms with Crippen molar-refractivity contribution in [2.24, 2.45) is 13.0 Å². The smallest absolute Gasteiger partial charge is 0.250 e. The molecule has 3 aromatic rings. The molecule has 8 heteroatoms. The van der Waals surface area contributed by atoms with E-state index in [4.69, 9.17) is 0 Å². The largest absolute Gasteiger partial charge is 0.355 e. The fourth-order valence-corrected chi connectivity index (χ4v) is 5.47. The molecule has 1 aliphatic heterocycles. The summed E-state index contributed by atoms with van der Waals surface area (Å²) < 4.78 is 3.74. The molecule has 2 N–H and O–H groups in total. The van der Waals surface area contributed by atoms with E-state index in [0.717, 1.165) is 47.8 Å². The number of nitrogens with zero attached hydrogens (tertiary/aromatic N) is 3. The summed E-state index contributed by atoms with van der Waals surface area (Å²) >= 11 is 0. The molecular formula is C28H35N5O3. The molecule has 0 unspecified atom stereocenters. The van der Waals surface area contributed by atoms with Gasteiger partial charge < -0.3 is 24.7 Å². The monoisotopic (exact) mass is 489 g/mol. The van der Waals surface area contributed by atoms with Crippen molar-refractivity contribution in [3.63, 3.8) is 0 Å². The van der Waals surface area contributed by atoms with Crippen molar-refractivity contribution < 1.29 is 9.59 Å². The molecule has 36 heavy (non-hydrogen) atoms. The van der Waals surface area contributed by atoms with E-state index < -0.39 is 0 Å². The lowest BCUT2D eigenvalue weighted by atomic mass is 9.80. The van der Waals surface area contributed by atoms with Crippen molar-refractivity contribution in [1.82, 2.24) is 24.7 Å². The number of aromatic nitrogens is 2. The van der Waals surface area contributed by atoms with Crippen molar-refractivity contribution in [3.8, 4) is 0 Å². The van der Waals surface area contributed by atoms with E-state index in [0.29, 0.717) is 26.2 Å². The quantitative estimate of drug-likeness (QED) is 0.509. The molecule has 2 aliphatic rings. The molecule has 0 bridgehead atoms. The van der Waals surface area contributed by atoms with E-state index >= 15 is 0 Å². The summed E-state index contributed by atoms with van der Waals surface area (Å²) in [6.45, 7) is 4.80. The lowest BCUT2D eigenvalue weighted by molar-refractivity contribution is -0.138. The summed E-state index contributed by atoms with van der Waals surface area (Å²) in [5, 5.41) is 7.43. The Hall–Kier alpha value is -3.39. The maximum Gasteiger partial charge on any atom is 0.250 e. The Morgan fingerprint density at radius 1 is 1.17 bits per heavy atom. The average molecular weight is 490 g/mol. The maximum atomic E-state index is 14.1.